The maximum atomic E-state index is 13.1. The van der Waals surface area contributed by atoms with E-state index in [1.165, 1.54) is 17.7 Å². The van der Waals surface area contributed by atoms with Crippen LogP contribution in [0.3, 0.4) is 0 Å². The van der Waals surface area contributed by atoms with Crippen LogP contribution in [0.15, 0.2) is 73.1 Å². The fourth-order valence-electron chi connectivity index (χ4n) is 3.82. The van der Waals surface area contributed by atoms with Crippen LogP contribution >= 0.6 is 11.6 Å². The number of hydrogen-bond donors (Lipinski definition) is 0. The fraction of sp³-hybridized carbons (Fsp3) is 0.160. The zero-order valence-corrected chi connectivity index (χ0v) is 17.6. The third kappa shape index (κ3) is 4.48. The van der Waals surface area contributed by atoms with Crippen LogP contribution in [0, 0.1) is 5.82 Å². The Morgan fingerprint density at radius 3 is 2.39 bits per heavy atom. The first-order chi connectivity index (χ1) is 15.1. The highest BCUT2D eigenvalue weighted by Crippen LogP contribution is 2.24. The number of halogens is 2. The Kier molecular flexibility index (Phi) is 5.45. The van der Waals surface area contributed by atoms with Crippen LogP contribution in [-0.4, -0.2) is 26.4 Å². The monoisotopic (exact) mass is 430 g/mol. The lowest BCUT2D eigenvalue weighted by Crippen LogP contribution is -2.31. The van der Waals surface area contributed by atoms with Gasteiger partial charge in [0.05, 0.1) is 11.4 Å². The highest BCUT2D eigenvalue weighted by molar-refractivity contribution is 6.30. The van der Waals surface area contributed by atoms with Crippen molar-refractivity contribution in [1.82, 2.24) is 19.9 Å². The molecular formula is C25H20ClFN4. The van der Waals surface area contributed by atoms with E-state index in [0.717, 1.165) is 60.0 Å². The van der Waals surface area contributed by atoms with Gasteiger partial charge in [-0.1, -0.05) is 17.7 Å². The summed E-state index contributed by atoms with van der Waals surface area (Å²) in [7, 11) is 0. The molecule has 0 saturated carbocycles. The van der Waals surface area contributed by atoms with E-state index in [2.05, 4.69) is 20.9 Å². The van der Waals surface area contributed by atoms with Gasteiger partial charge >= 0.3 is 0 Å². The summed E-state index contributed by atoms with van der Waals surface area (Å²) >= 11 is 5.98. The fourth-order valence-corrected chi connectivity index (χ4v) is 3.94. The van der Waals surface area contributed by atoms with E-state index >= 15 is 0 Å². The zero-order chi connectivity index (χ0) is 21.2. The van der Waals surface area contributed by atoms with E-state index in [-0.39, 0.29) is 5.82 Å². The highest BCUT2D eigenvalue weighted by Gasteiger charge is 2.19. The molecule has 0 radical (unpaired) electrons. The van der Waals surface area contributed by atoms with Crippen LogP contribution in [0.2, 0.25) is 5.02 Å². The van der Waals surface area contributed by atoms with Crippen LogP contribution < -0.4 is 0 Å². The van der Waals surface area contributed by atoms with Crippen molar-refractivity contribution in [3.8, 4) is 22.6 Å². The quantitative estimate of drug-likeness (QED) is 0.425. The Morgan fingerprint density at radius 2 is 1.65 bits per heavy atom. The number of aromatic nitrogens is 3. The molecule has 0 fully saturated rings. The number of nitrogens with zero attached hydrogens (tertiary/aromatic N) is 4. The van der Waals surface area contributed by atoms with Crippen molar-refractivity contribution in [2.24, 2.45) is 0 Å². The van der Waals surface area contributed by atoms with Gasteiger partial charge in [-0.2, -0.15) is 0 Å². The molecule has 0 amide bonds. The van der Waals surface area contributed by atoms with Gasteiger partial charge in [-0.3, -0.25) is 9.88 Å². The lowest BCUT2D eigenvalue weighted by Gasteiger charge is -2.28. The van der Waals surface area contributed by atoms with Crippen LogP contribution in [0.4, 0.5) is 4.39 Å². The number of pyridine rings is 1. The van der Waals surface area contributed by atoms with Gasteiger partial charge in [0, 0.05) is 60.2 Å². The number of benzene rings is 2. The molecule has 2 aromatic heterocycles. The van der Waals surface area contributed by atoms with Gasteiger partial charge in [0.25, 0.3) is 0 Å². The number of rotatable bonds is 4. The molecule has 154 valence electrons. The van der Waals surface area contributed by atoms with Gasteiger partial charge in [0.1, 0.15) is 5.82 Å². The standard InChI is InChI=1S/C25H20ClFN4/c26-21-6-2-19(3-7-21)25-29-14-20-16-31(12-11-24(20)30-25)15-17-1-10-23(28-13-17)18-4-8-22(27)9-5-18/h1-10,13-14H,11-12,15-16H2. The molecule has 31 heavy (non-hydrogen) atoms. The van der Waals surface area contributed by atoms with Gasteiger partial charge in [-0.05, 0) is 60.2 Å². The van der Waals surface area contributed by atoms with E-state index in [4.69, 9.17) is 16.6 Å². The van der Waals surface area contributed by atoms with E-state index in [9.17, 15) is 4.39 Å². The van der Waals surface area contributed by atoms with E-state index in [0.29, 0.717) is 5.02 Å². The molecule has 1 aliphatic rings. The Hall–Kier alpha value is -3.15. The predicted molar refractivity (Wildman–Crippen MR) is 120 cm³/mol. The Morgan fingerprint density at radius 1 is 0.871 bits per heavy atom. The molecule has 1 aliphatic heterocycles. The Bertz CT molecular complexity index is 1190. The molecule has 0 spiro atoms. The van der Waals surface area contributed by atoms with Crippen molar-refractivity contribution in [2.45, 2.75) is 19.5 Å². The first-order valence-electron chi connectivity index (χ1n) is 10.2. The summed E-state index contributed by atoms with van der Waals surface area (Å²) in [5, 5.41) is 0.706. The van der Waals surface area contributed by atoms with Crippen LogP contribution in [0.25, 0.3) is 22.6 Å². The van der Waals surface area contributed by atoms with E-state index < -0.39 is 0 Å². The second-order valence-corrected chi connectivity index (χ2v) is 8.13. The van der Waals surface area contributed by atoms with E-state index in [1.54, 1.807) is 12.1 Å². The topological polar surface area (TPSA) is 41.9 Å². The van der Waals surface area contributed by atoms with Gasteiger partial charge < -0.3 is 0 Å². The molecule has 0 saturated heterocycles. The van der Waals surface area contributed by atoms with Gasteiger partial charge in [0.15, 0.2) is 5.82 Å². The Balaban J connectivity index is 1.26. The van der Waals surface area contributed by atoms with Gasteiger partial charge in [0.2, 0.25) is 0 Å². The van der Waals surface area contributed by atoms with Crippen LogP contribution in [0.5, 0.6) is 0 Å². The minimum Gasteiger partial charge on any atom is -0.294 e. The molecule has 5 rings (SSSR count). The zero-order valence-electron chi connectivity index (χ0n) is 16.8. The molecule has 0 aliphatic carbocycles. The van der Waals surface area contributed by atoms with Crippen molar-refractivity contribution in [3.63, 3.8) is 0 Å². The molecule has 6 heteroatoms. The third-order valence-corrected chi connectivity index (χ3v) is 5.74. The van der Waals surface area contributed by atoms with Crippen molar-refractivity contribution in [1.29, 1.82) is 0 Å². The lowest BCUT2D eigenvalue weighted by atomic mass is 10.1. The minimum atomic E-state index is -0.241. The SMILES string of the molecule is Fc1ccc(-c2ccc(CN3CCc4nc(-c5ccc(Cl)cc5)ncc4C3)cn2)cc1. The van der Waals surface area contributed by atoms with Crippen LogP contribution in [0.1, 0.15) is 16.8 Å². The smallest absolute Gasteiger partial charge is 0.159 e. The van der Waals surface area contributed by atoms with Crippen molar-refractivity contribution >= 4 is 11.6 Å². The summed E-state index contributed by atoms with van der Waals surface area (Å²) in [6, 6.07) is 18.1. The molecule has 0 atom stereocenters. The minimum absolute atomic E-state index is 0.241. The van der Waals surface area contributed by atoms with Crippen molar-refractivity contribution in [3.05, 3.63) is 101 Å². The number of hydrogen-bond acceptors (Lipinski definition) is 4. The normalized spacial score (nSPS) is 13.7. The first-order valence-corrected chi connectivity index (χ1v) is 10.6. The highest BCUT2D eigenvalue weighted by atomic mass is 35.5. The molecule has 2 aromatic carbocycles. The summed E-state index contributed by atoms with van der Waals surface area (Å²) in [4.78, 5) is 16.3. The average Bonchev–Trinajstić information content (AvgIpc) is 2.80. The summed E-state index contributed by atoms with van der Waals surface area (Å²) in [5.74, 6) is 0.500. The molecular weight excluding hydrogens is 411 g/mol. The average molecular weight is 431 g/mol. The lowest BCUT2D eigenvalue weighted by molar-refractivity contribution is 0.242. The third-order valence-electron chi connectivity index (χ3n) is 5.49. The van der Waals surface area contributed by atoms with Crippen molar-refractivity contribution in [2.75, 3.05) is 6.54 Å². The molecule has 0 bridgehead atoms. The second-order valence-electron chi connectivity index (χ2n) is 7.69. The predicted octanol–water partition coefficient (Wildman–Crippen LogP) is 5.56. The first kappa shape index (κ1) is 19.8. The molecule has 0 N–H and O–H groups in total. The molecule has 0 unspecified atom stereocenters. The molecule has 4 aromatic rings. The van der Waals surface area contributed by atoms with E-state index in [1.807, 2.05) is 42.7 Å². The molecule has 3 heterocycles. The molecule has 4 nitrogen and oxygen atoms in total. The summed E-state index contributed by atoms with van der Waals surface area (Å²) in [6.07, 6.45) is 4.72. The van der Waals surface area contributed by atoms with Crippen molar-refractivity contribution < 1.29 is 4.39 Å². The van der Waals surface area contributed by atoms with Gasteiger partial charge in [-0.15, -0.1) is 0 Å². The largest absolute Gasteiger partial charge is 0.294 e. The number of fused-ring (bicyclic) bond motifs is 1. The summed E-state index contributed by atoms with van der Waals surface area (Å²) in [5.41, 5.74) is 6.15. The summed E-state index contributed by atoms with van der Waals surface area (Å²) < 4.78 is 13.1. The maximum absolute atomic E-state index is 13.1. The van der Waals surface area contributed by atoms with Crippen LogP contribution in [-0.2, 0) is 19.5 Å². The second kappa shape index (κ2) is 8.53. The summed E-state index contributed by atoms with van der Waals surface area (Å²) in [6.45, 7) is 2.56. The maximum Gasteiger partial charge on any atom is 0.159 e. The van der Waals surface area contributed by atoms with Gasteiger partial charge in [-0.25, -0.2) is 14.4 Å². The Labute approximate surface area is 185 Å².